The van der Waals surface area contributed by atoms with Gasteiger partial charge in [-0.05, 0) is 56.5 Å². The van der Waals surface area contributed by atoms with Crippen molar-refractivity contribution < 1.29 is 4.74 Å². The highest BCUT2D eigenvalue weighted by molar-refractivity contribution is 5.79. The molecule has 2 aromatic heterocycles. The van der Waals surface area contributed by atoms with Crippen molar-refractivity contribution in [1.29, 1.82) is 0 Å². The Morgan fingerprint density at radius 3 is 2.57 bits per heavy atom. The third-order valence-electron chi connectivity index (χ3n) is 5.72. The van der Waals surface area contributed by atoms with E-state index >= 15 is 0 Å². The van der Waals surface area contributed by atoms with Gasteiger partial charge in [0.1, 0.15) is 18.2 Å². The van der Waals surface area contributed by atoms with Crippen molar-refractivity contribution in [2.45, 2.75) is 45.8 Å². The van der Waals surface area contributed by atoms with Crippen molar-refractivity contribution in [3.05, 3.63) is 88.1 Å². The zero-order valence-corrected chi connectivity index (χ0v) is 17.3. The van der Waals surface area contributed by atoms with E-state index in [0.29, 0.717) is 18.3 Å². The van der Waals surface area contributed by atoms with Crippen molar-refractivity contribution in [2.75, 3.05) is 0 Å². The van der Waals surface area contributed by atoms with Gasteiger partial charge in [0.2, 0.25) is 0 Å². The Hall–Kier alpha value is -3.34. The minimum atomic E-state index is -0.110. The third-order valence-corrected chi connectivity index (χ3v) is 5.72. The number of hydrogen-bond donors (Lipinski definition) is 0. The molecule has 0 unspecified atom stereocenters. The first-order valence-electron chi connectivity index (χ1n) is 10.5. The minimum absolute atomic E-state index is 0.110. The number of aromatic nitrogens is 3. The molecule has 0 saturated heterocycles. The molecule has 30 heavy (non-hydrogen) atoms. The molecule has 0 atom stereocenters. The summed E-state index contributed by atoms with van der Waals surface area (Å²) in [5.74, 6) is 2.35. The molecule has 1 aliphatic rings. The number of ether oxygens (including phenoxy) is 1. The van der Waals surface area contributed by atoms with E-state index in [4.69, 9.17) is 9.72 Å². The summed E-state index contributed by atoms with van der Waals surface area (Å²) in [6, 6.07) is 17.6. The van der Waals surface area contributed by atoms with E-state index in [0.717, 1.165) is 28.8 Å². The van der Waals surface area contributed by atoms with Crippen LogP contribution in [0.2, 0.25) is 0 Å². The van der Waals surface area contributed by atoms with E-state index in [1.165, 1.54) is 24.2 Å². The van der Waals surface area contributed by atoms with Crippen LogP contribution < -0.4 is 10.3 Å². The van der Waals surface area contributed by atoms with Gasteiger partial charge in [-0.1, -0.05) is 29.8 Å². The highest BCUT2D eigenvalue weighted by Crippen LogP contribution is 2.40. The average Bonchev–Trinajstić information content (AvgIpc) is 3.53. The molecule has 0 N–H and O–H groups in total. The Morgan fingerprint density at radius 1 is 1.07 bits per heavy atom. The second-order valence-corrected chi connectivity index (χ2v) is 8.01. The number of benzene rings is 2. The first-order chi connectivity index (χ1) is 14.6. The molecule has 1 fully saturated rings. The summed E-state index contributed by atoms with van der Waals surface area (Å²) >= 11 is 0. The van der Waals surface area contributed by atoms with E-state index in [-0.39, 0.29) is 5.56 Å². The van der Waals surface area contributed by atoms with Crippen LogP contribution in [0.25, 0.3) is 16.7 Å². The number of pyridine rings is 1. The lowest BCUT2D eigenvalue weighted by molar-refractivity contribution is 0.305. The molecule has 152 valence electrons. The fourth-order valence-electron chi connectivity index (χ4n) is 3.88. The van der Waals surface area contributed by atoms with Crippen molar-refractivity contribution in [1.82, 2.24) is 14.1 Å². The highest BCUT2D eigenvalue weighted by Gasteiger charge is 2.29. The molecule has 2 aromatic carbocycles. The fraction of sp³-hybridized carbons (Fsp3) is 0.280. The Balaban J connectivity index is 1.41. The van der Waals surface area contributed by atoms with Gasteiger partial charge < -0.3 is 9.30 Å². The highest BCUT2D eigenvalue weighted by atomic mass is 16.5. The molecule has 5 nitrogen and oxygen atoms in total. The van der Waals surface area contributed by atoms with Crippen LogP contribution in [0.3, 0.4) is 0 Å². The maximum Gasteiger partial charge on any atom is 0.258 e. The molecule has 0 radical (unpaired) electrons. The summed E-state index contributed by atoms with van der Waals surface area (Å²) in [6.45, 7) is 5.52. The van der Waals surface area contributed by atoms with Crippen LogP contribution in [0.15, 0.2) is 65.6 Å². The predicted octanol–water partition coefficient (Wildman–Crippen LogP) is 4.97. The Bertz CT molecular complexity index is 1260. The topological polar surface area (TPSA) is 49.0 Å². The number of aryl methyl sites for hydroxylation is 2. The SMILES string of the molecule is CCn1c(C2CC2)nc2ccc(-n3ccc(OCc4ccc(C)cc4)cc3=O)cc21. The number of nitrogens with zero attached hydrogens (tertiary/aromatic N) is 3. The van der Waals surface area contributed by atoms with Crippen LogP contribution in [-0.2, 0) is 13.2 Å². The molecule has 2 heterocycles. The molecule has 1 aliphatic carbocycles. The number of fused-ring (bicyclic) bond motifs is 1. The summed E-state index contributed by atoms with van der Waals surface area (Å²) in [5, 5.41) is 0. The minimum Gasteiger partial charge on any atom is -0.489 e. The van der Waals surface area contributed by atoms with Gasteiger partial charge in [0.25, 0.3) is 5.56 Å². The Labute approximate surface area is 175 Å². The second kappa shape index (κ2) is 7.48. The molecule has 1 saturated carbocycles. The quantitative estimate of drug-likeness (QED) is 0.460. The smallest absolute Gasteiger partial charge is 0.258 e. The summed E-state index contributed by atoms with van der Waals surface area (Å²) in [5.41, 5.74) is 5.11. The van der Waals surface area contributed by atoms with E-state index in [2.05, 4.69) is 36.6 Å². The first kappa shape index (κ1) is 18.7. The number of rotatable bonds is 6. The van der Waals surface area contributed by atoms with Crippen LogP contribution in [0.4, 0.5) is 0 Å². The molecular formula is C25H25N3O2. The first-order valence-corrected chi connectivity index (χ1v) is 10.5. The van der Waals surface area contributed by atoms with Crippen LogP contribution in [0.1, 0.15) is 42.6 Å². The zero-order valence-electron chi connectivity index (χ0n) is 17.3. The molecule has 0 bridgehead atoms. The van der Waals surface area contributed by atoms with E-state index in [9.17, 15) is 4.79 Å². The Morgan fingerprint density at radius 2 is 1.87 bits per heavy atom. The zero-order chi connectivity index (χ0) is 20.7. The molecule has 5 heteroatoms. The normalized spacial score (nSPS) is 13.7. The molecular weight excluding hydrogens is 374 g/mol. The summed E-state index contributed by atoms with van der Waals surface area (Å²) < 4.78 is 9.75. The lowest BCUT2D eigenvalue weighted by Gasteiger charge is -2.10. The van der Waals surface area contributed by atoms with Crippen LogP contribution >= 0.6 is 0 Å². The molecule has 5 rings (SSSR count). The van der Waals surface area contributed by atoms with Crippen LogP contribution in [-0.4, -0.2) is 14.1 Å². The number of hydrogen-bond acceptors (Lipinski definition) is 3. The van der Waals surface area contributed by atoms with Crippen LogP contribution in [0, 0.1) is 6.92 Å². The molecule has 0 spiro atoms. The Kier molecular flexibility index (Phi) is 4.66. The van der Waals surface area contributed by atoms with Gasteiger partial charge in [-0.2, -0.15) is 0 Å². The van der Waals surface area contributed by atoms with Gasteiger partial charge in [0.05, 0.1) is 16.7 Å². The summed E-state index contributed by atoms with van der Waals surface area (Å²) in [4.78, 5) is 17.6. The van der Waals surface area contributed by atoms with Gasteiger partial charge in [-0.25, -0.2) is 4.98 Å². The van der Waals surface area contributed by atoms with Gasteiger partial charge in [0.15, 0.2) is 0 Å². The predicted molar refractivity (Wildman–Crippen MR) is 118 cm³/mol. The fourth-order valence-corrected chi connectivity index (χ4v) is 3.88. The largest absolute Gasteiger partial charge is 0.489 e. The van der Waals surface area contributed by atoms with Crippen molar-refractivity contribution >= 4 is 11.0 Å². The van der Waals surface area contributed by atoms with Crippen molar-refractivity contribution in [3.8, 4) is 11.4 Å². The van der Waals surface area contributed by atoms with Crippen LogP contribution in [0.5, 0.6) is 5.75 Å². The summed E-state index contributed by atoms with van der Waals surface area (Å²) in [6.07, 6.45) is 4.22. The van der Waals surface area contributed by atoms with Crippen molar-refractivity contribution in [2.24, 2.45) is 0 Å². The summed E-state index contributed by atoms with van der Waals surface area (Å²) in [7, 11) is 0. The second-order valence-electron chi connectivity index (χ2n) is 8.01. The third kappa shape index (κ3) is 3.52. The lowest BCUT2D eigenvalue weighted by Crippen LogP contribution is -2.16. The van der Waals surface area contributed by atoms with Gasteiger partial charge in [-0.3, -0.25) is 9.36 Å². The van der Waals surface area contributed by atoms with Crippen molar-refractivity contribution in [3.63, 3.8) is 0 Å². The molecule has 4 aromatic rings. The maximum absolute atomic E-state index is 12.8. The monoisotopic (exact) mass is 399 g/mol. The molecule has 0 aliphatic heterocycles. The van der Waals surface area contributed by atoms with Gasteiger partial charge in [0, 0.05) is 24.7 Å². The average molecular weight is 399 g/mol. The lowest BCUT2D eigenvalue weighted by atomic mass is 10.2. The van der Waals surface area contributed by atoms with E-state index < -0.39 is 0 Å². The molecule has 0 amide bonds. The maximum atomic E-state index is 12.8. The number of imidazole rings is 1. The standard InChI is InChI=1S/C25H25N3O2/c1-3-27-23-14-20(10-11-22(23)26-25(27)19-8-9-19)28-13-12-21(15-24(28)29)30-16-18-6-4-17(2)5-7-18/h4-7,10-15,19H,3,8-9,16H2,1-2H3. The van der Waals surface area contributed by atoms with E-state index in [1.54, 1.807) is 16.8 Å². The van der Waals surface area contributed by atoms with Gasteiger partial charge >= 0.3 is 0 Å². The van der Waals surface area contributed by atoms with Gasteiger partial charge in [-0.15, -0.1) is 0 Å². The van der Waals surface area contributed by atoms with E-state index in [1.807, 2.05) is 30.3 Å².